The fraction of sp³-hybridized carbons (Fsp3) is 0.429. The molecule has 1 atom stereocenters. The fourth-order valence-corrected chi connectivity index (χ4v) is 2.74. The molecule has 1 aromatic rings. The van der Waals surface area contributed by atoms with Gasteiger partial charge in [-0.05, 0) is 59.8 Å². The van der Waals surface area contributed by atoms with Gasteiger partial charge in [-0.15, -0.1) is 0 Å². The number of ether oxygens (including phenoxy) is 1. The summed E-state index contributed by atoms with van der Waals surface area (Å²) in [7, 11) is 0. The number of carbonyl (C=O) groups excluding carboxylic acids is 1. The molecule has 4 nitrogen and oxygen atoms in total. The smallest absolute Gasteiger partial charge is 0.259 e. The zero-order chi connectivity index (χ0) is 14.8. The van der Waals surface area contributed by atoms with Crippen LogP contribution in [0.15, 0.2) is 22.7 Å². The summed E-state index contributed by atoms with van der Waals surface area (Å²) in [6.45, 7) is 1.62. The Balaban J connectivity index is 1.90. The second-order valence-electron chi connectivity index (χ2n) is 5.00. The average molecular weight is 358 g/mol. The van der Waals surface area contributed by atoms with Crippen molar-refractivity contribution in [3.05, 3.63) is 27.7 Å². The molecule has 2 rings (SSSR count). The van der Waals surface area contributed by atoms with Crippen LogP contribution < -0.4 is 10.1 Å². The fourth-order valence-electron chi connectivity index (χ4n) is 1.94. The molecule has 0 aliphatic heterocycles. The van der Waals surface area contributed by atoms with Crippen molar-refractivity contribution >= 4 is 33.4 Å². The van der Waals surface area contributed by atoms with E-state index in [0.29, 0.717) is 15.2 Å². The molecular formula is C14H14BrClN2O2. The highest BCUT2D eigenvalue weighted by Crippen LogP contribution is 2.39. The van der Waals surface area contributed by atoms with E-state index < -0.39 is 5.54 Å². The molecule has 106 valence electrons. The number of hydrogen-bond acceptors (Lipinski definition) is 3. The summed E-state index contributed by atoms with van der Waals surface area (Å²) >= 11 is 9.14. The number of rotatable bonds is 5. The molecule has 1 N–H and O–H groups in total. The maximum absolute atomic E-state index is 11.9. The summed E-state index contributed by atoms with van der Waals surface area (Å²) in [4.78, 5) is 11.9. The molecule has 1 aliphatic rings. The molecule has 0 radical (unpaired) electrons. The van der Waals surface area contributed by atoms with Gasteiger partial charge < -0.3 is 10.1 Å². The summed E-state index contributed by atoms with van der Waals surface area (Å²) in [5.41, 5.74) is -0.794. The Morgan fingerprint density at radius 2 is 2.35 bits per heavy atom. The summed E-state index contributed by atoms with van der Waals surface area (Å²) in [6, 6.07) is 7.24. The lowest BCUT2D eigenvalue weighted by Gasteiger charge is -2.22. The number of benzene rings is 1. The van der Waals surface area contributed by atoms with Gasteiger partial charge in [0.1, 0.15) is 11.3 Å². The highest BCUT2D eigenvalue weighted by atomic mass is 79.9. The quantitative estimate of drug-likeness (QED) is 0.879. The second kappa shape index (κ2) is 6.02. The van der Waals surface area contributed by atoms with E-state index in [4.69, 9.17) is 16.3 Å². The number of nitrogens with zero attached hydrogens (tertiary/aromatic N) is 1. The zero-order valence-electron chi connectivity index (χ0n) is 11.0. The topological polar surface area (TPSA) is 62.1 Å². The largest absolute Gasteiger partial charge is 0.483 e. The first kappa shape index (κ1) is 15.1. The van der Waals surface area contributed by atoms with Crippen molar-refractivity contribution in [1.29, 1.82) is 5.26 Å². The minimum Gasteiger partial charge on any atom is -0.483 e. The third-order valence-electron chi connectivity index (χ3n) is 3.28. The van der Waals surface area contributed by atoms with E-state index in [-0.39, 0.29) is 18.4 Å². The van der Waals surface area contributed by atoms with Gasteiger partial charge in [-0.25, -0.2) is 0 Å². The van der Waals surface area contributed by atoms with E-state index in [1.165, 1.54) is 0 Å². The van der Waals surface area contributed by atoms with Crippen LogP contribution >= 0.6 is 27.5 Å². The third-order valence-corrected chi connectivity index (χ3v) is 4.13. The molecule has 1 saturated carbocycles. The van der Waals surface area contributed by atoms with Crippen molar-refractivity contribution < 1.29 is 9.53 Å². The van der Waals surface area contributed by atoms with Crippen LogP contribution in [0.5, 0.6) is 5.75 Å². The Labute approximate surface area is 131 Å². The van der Waals surface area contributed by atoms with Crippen molar-refractivity contribution in [2.75, 3.05) is 6.61 Å². The van der Waals surface area contributed by atoms with Gasteiger partial charge in [0.2, 0.25) is 0 Å². The molecule has 0 spiro atoms. The lowest BCUT2D eigenvalue weighted by molar-refractivity contribution is -0.124. The van der Waals surface area contributed by atoms with Gasteiger partial charge in [0.05, 0.1) is 10.5 Å². The Morgan fingerprint density at radius 3 is 2.90 bits per heavy atom. The van der Waals surface area contributed by atoms with Gasteiger partial charge in [-0.1, -0.05) is 11.6 Å². The van der Waals surface area contributed by atoms with E-state index >= 15 is 0 Å². The van der Waals surface area contributed by atoms with E-state index in [1.807, 2.05) is 0 Å². The Kier molecular flexibility index (Phi) is 4.56. The SMILES string of the molecule is C[C@@](C#N)(NC(=O)COc1ccc(Cl)cc1Br)C1CC1. The Bertz CT molecular complexity index is 569. The number of carbonyl (C=O) groups is 1. The molecule has 0 unspecified atom stereocenters. The molecule has 0 aromatic heterocycles. The number of hydrogen-bond donors (Lipinski definition) is 1. The standard InChI is InChI=1S/C14H14BrClN2O2/c1-14(8-17,9-2-3-9)18-13(19)7-20-12-5-4-10(16)6-11(12)15/h4-6,9H,2-3,7H2,1H3,(H,18,19)/t14-/m0/s1. The lowest BCUT2D eigenvalue weighted by atomic mass is 9.98. The van der Waals surface area contributed by atoms with Gasteiger partial charge in [-0.3, -0.25) is 4.79 Å². The van der Waals surface area contributed by atoms with Crippen LogP contribution in [0.25, 0.3) is 0 Å². The molecule has 1 fully saturated rings. The lowest BCUT2D eigenvalue weighted by Crippen LogP contribution is -2.48. The normalized spacial score (nSPS) is 16.9. The first-order valence-corrected chi connectivity index (χ1v) is 7.42. The monoisotopic (exact) mass is 356 g/mol. The van der Waals surface area contributed by atoms with Crippen molar-refractivity contribution in [2.24, 2.45) is 5.92 Å². The van der Waals surface area contributed by atoms with Crippen molar-refractivity contribution in [1.82, 2.24) is 5.32 Å². The summed E-state index contributed by atoms with van der Waals surface area (Å²) in [5, 5.41) is 12.5. The van der Waals surface area contributed by atoms with E-state index in [9.17, 15) is 10.1 Å². The summed E-state index contributed by atoms with van der Waals surface area (Å²) in [6.07, 6.45) is 1.96. The number of nitriles is 1. The average Bonchev–Trinajstić information content (AvgIpc) is 3.22. The van der Waals surface area contributed by atoms with Gasteiger partial charge in [0.25, 0.3) is 5.91 Å². The molecule has 1 aliphatic carbocycles. The number of nitrogens with one attached hydrogen (secondary N) is 1. The summed E-state index contributed by atoms with van der Waals surface area (Å²) in [5.74, 6) is 0.483. The van der Waals surface area contributed by atoms with Gasteiger partial charge >= 0.3 is 0 Å². The molecule has 6 heteroatoms. The van der Waals surface area contributed by atoms with Crippen molar-refractivity contribution in [3.63, 3.8) is 0 Å². The van der Waals surface area contributed by atoms with Crippen LogP contribution in [-0.4, -0.2) is 18.1 Å². The van der Waals surface area contributed by atoms with Gasteiger partial charge in [0, 0.05) is 5.02 Å². The van der Waals surface area contributed by atoms with E-state index in [2.05, 4.69) is 27.3 Å². The third kappa shape index (κ3) is 3.65. The first-order valence-electron chi connectivity index (χ1n) is 6.25. The summed E-state index contributed by atoms with van der Waals surface area (Å²) < 4.78 is 6.10. The number of amides is 1. The van der Waals surface area contributed by atoms with Crippen molar-refractivity contribution in [3.8, 4) is 11.8 Å². The molecule has 0 heterocycles. The second-order valence-corrected chi connectivity index (χ2v) is 6.29. The van der Waals surface area contributed by atoms with E-state index in [0.717, 1.165) is 12.8 Å². The van der Waals surface area contributed by atoms with Crippen molar-refractivity contribution in [2.45, 2.75) is 25.3 Å². The molecule has 0 bridgehead atoms. The highest BCUT2D eigenvalue weighted by molar-refractivity contribution is 9.10. The minimum absolute atomic E-state index is 0.135. The van der Waals surface area contributed by atoms with Crippen LogP contribution in [0.1, 0.15) is 19.8 Å². The number of halogens is 2. The Hall–Kier alpha value is -1.25. The highest BCUT2D eigenvalue weighted by Gasteiger charge is 2.43. The Morgan fingerprint density at radius 1 is 1.65 bits per heavy atom. The predicted molar refractivity (Wildman–Crippen MR) is 79.5 cm³/mol. The van der Waals surface area contributed by atoms with Crippen LogP contribution in [-0.2, 0) is 4.79 Å². The maximum Gasteiger partial charge on any atom is 0.259 e. The predicted octanol–water partition coefficient (Wildman–Crippen LogP) is 3.29. The minimum atomic E-state index is -0.794. The molecule has 1 aromatic carbocycles. The van der Waals surface area contributed by atoms with E-state index in [1.54, 1.807) is 25.1 Å². The maximum atomic E-state index is 11.9. The first-order chi connectivity index (χ1) is 9.44. The molecule has 1 amide bonds. The molecular weight excluding hydrogens is 344 g/mol. The van der Waals surface area contributed by atoms with Crippen LogP contribution in [0.4, 0.5) is 0 Å². The van der Waals surface area contributed by atoms with Crippen LogP contribution in [0.2, 0.25) is 5.02 Å². The van der Waals surface area contributed by atoms with Crippen LogP contribution in [0, 0.1) is 17.2 Å². The molecule has 20 heavy (non-hydrogen) atoms. The zero-order valence-corrected chi connectivity index (χ0v) is 13.3. The molecule has 0 saturated heterocycles. The van der Waals surface area contributed by atoms with Gasteiger partial charge in [0.15, 0.2) is 6.61 Å². The van der Waals surface area contributed by atoms with Gasteiger partial charge in [-0.2, -0.15) is 5.26 Å². The van der Waals surface area contributed by atoms with Crippen LogP contribution in [0.3, 0.4) is 0 Å².